The number of carbonyl (C=O) groups excluding carboxylic acids is 1. The molecule has 27 heavy (non-hydrogen) atoms. The smallest absolute Gasteiger partial charge is 0.264 e. The fourth-order valence-electron chi connectivity index (χ4n) is 2.56. The average molecular weight is 391 g/mol. The number of rotatable bonds is 9. The van der Waals surface area contributed by atoms with Crippen molar-refractivity contribution in [3.05, 3.63) is 59.7 Å². The Kier molecular flexibility index (Phi) is 7.53. The number of nitrogens with zero attached hydrogens (tertiary/aromatic N) is 1. The molecule has 0 unspecified atom stereocenters. The topological polar surface area (TPSA) is 75.7 Å². The van der Waals surface area contributed by atoms with E-state index in [1.807, 2.05) is 24.3 Å². The van der Waals surface area contributed by atoms with Crippen LogP contribution < -0.4 is 5.32 Å². The third kappa shape index (κ3) is 5.63. The van der Waals surface area contributed by atoms with Gasteiger partial charge in [0, 0.05) is 18.3 Å². The summed E-state index contributed by atoms with van der Waals surface area (Å²) in [7, 11) is -1.15. The summed E-state index contributed by atoms with van der Waals surface area (Å²) in [4.78, 5) is 17.2. The van der Waals surface area contributed by atoms with Crippen molar-refractivity contribution >= 4 is 21.6 Å². The van der Waals surface area contributed by atoms with E-state index in [2.05, 4.69) is 12.2 Å². The first kappa shape index (κ1) is 21.1. The van der Waals surface area contributed by atoms with Gasteiger partial charge >= 0.3 is 0 Å². The van der Waals surface area contributed by atoms with Crippen LogP contribution in [0.2, 0.25) is 0 Å². The summed E-state index contributed by atoms with van der Waals surface area (Å²) in [5.74, 6) is -0.294. The lowest BCUT2D eigenvalue weighted by molar-refractivity contribution is -0.0258. The molecule has 1 amide bonds. The van der Waals surface area contributed by atoms with Gasteiger partial charge in [0.2, 0.25) is 0 Å². The fourth-order valence-corrected chi connectivity index (χ4v) is 3.54. The second kappa shape index (κ2) is 9.64. The summed E-state index contributed by atoms with van der Waals surface area (Å²) in [6.45, 7) is 2.18. The van der Waals surface area contributed by atoms with Crippen molar-refractivity contribution < 1.29 is 18.0 Å². The maximum Gasteiger partial charge on any atom is 0.264 e. The van der Waals surface area contributed by atoms with E-state index >= 15 is 0 Å². The van der Waals surface area contributed by atoms with Gasteiger partial charge in [0.15, 0.2) is 0 Å². The number of amides is 1. The average Bonchev–Trinajstić information content (AvgIpc) is 2.68. The molecule has 0 aromatic heterocycles. The van der Waals surface area contributed by atoms with Crippen molar-refractivity contribution in [3.8, 4) is 0 Å². The highest BCUT2D eigenvalue weighted by atomic mass is 32.2. The van der Waals surface area contributed by atoms with Crippen LogP contribution in [0.3, 0.4) is 0 Å². The summed E-state index contributed by atoms with van der Waals surface area (Å²) in [5, 5.41) is 2.82. The van der Waals surface area contributed by atoms with Crippen LogP contribution in [0.4, 0.5) is 5.69 Å². The molecule has 0 fully saturated rings. The number of unbranched alkanes of at least 4 members (excludes halogenated alkanes) is 2. The molecule has 0 saturated carbocycles. The van der Waals surface area contributed by atoms with Gasteiger partial charge in [-0.1, -0.05) is 36.4 Å². The van der Waals surface area contributed by atoms with Gasteiger partial charge in [0.25, 0.3) is 15.9 Å². The van der Waals surface area contributed by atoms with Crippen LogP contribution >= 0.6 is 0 Å². The van der Waals surface area contributed by atoms with E-state index in [-0.39, 0.29) is 10.8 Å². The predicted molar refractivity (Wildman–Crippen MR) is 106 cm³/mol. The number of hydrogen-bond donors (Lipinski definition) is 1. The van der Waals surface area contributed by atoms with Crippen LogP contribution in [0.15, 0.2) is 53.4 Å². The molecule has 0 spiro atoms. The van der Waals surface area contributed by atoms with Crippen molar-refractivity contribution in [2.24, 2.45) is 0 Å². The maximum atomic E-state index is 12.4. The lowest BCUT2D eigenvalue weighted by Crippen LogP contribution is -2.25. The molecule has 7 heteroatoms. The molecule has 2 aromatic carbocycles. The van der Waals surface area contributed by atoms with E-state index in [0.717, 1.165) is 17.3 Å². The monoisotopic (exact) mass is 390 g/mol. The lowest BCUT2D eigenvalue weighted by atomic mass is 10.1. The van der Waals surface area contributed by atoms with Crippen LogP contribution in [-0.2, 0) is 21.3 Å². The van der Waals surface area contributed by atoms with E-state index in [1.54, 1.807) is 0 Å². The molecule has 0 heterocycles. The highest BCUT2D eigenvalue weighted by molar-refractivity contribution is 7.89. The van der Waals surface area contributed by atoms with Gasteiger partial charge < -0.3 is 5.32 Å². The molecule has 0 atom stereocenters. The molecule has 1 N–H and O–H groups in total. The van der Waals surface area contributed by atoms with E-state index in [0.29, 0.717) is 11.3 Å². The summed E-state index contributed by atoms with van der Waals surface area (Å²) in [6.07, 6.45) is 4.60. The van der Waals surface area contributed by atoms with Gasteiger partial charge in [-0.2, -0.15) is 0 Å². The van der Waals surface area contributed by atoms with Crippen molar-refractivity contribution in [3.63, 3.8) is 0 Å². The minimum Gasteiger partial charge on any atom is -0.322 e. The Morgan fingerprint density at radius 1 is 1.04 bits per heavy atom. The minimum atomic E-state index is -3.73. The van der Waals surface area contributed by atoms with Gasteiger partial charge in [-0.25, -0.2) is 8.42 Å². The summed E-state index contributed by atoms with van der Waals surface area (Å²) >= 11 is 0. The number of aryl methyl sites for hydroxylation is 1. The van der Waals surface area contributed by atoms with E-state index in [4.69, 9.17) is 4.84 Å². The zero-order valence-corrected chi connectivity index (χ0v) is 16.8. The molecule has 0 aliphatic rings. The van der Waals surface area contributed by atoms with Crippen molar-refractivity contribution in [2.45, 2.75) is 37.5 Å². The van der Waals surface area contributed by atoms with Crippen LogP contribution in [0.5, 0.6) is 0 Å². The highest BCUT2D eigenvalue weighted by Gasteiger charge is 2.21. The normalized spacial score (nSPS) is 11.6. The molecule has 2 rings (SSSR count). The number of nitrogens with one attached hydrogen (secondary N) is 1. The first-order valence-electron chi connectivity index (χ1n) is 8.92. The fraction of sp³-hybridized carbons (Fsp3) is 0.350. The van der Waals surface area contributed by atoms with Gasteiger partial charge in [0.1, 0.15) is 0 Å². The number of benzene rings is 2. The predicted octanol–water partition coefficient (Wildman–Crippen LogP) is 3.85. The number of carbonyl (C=O) groups is 1. The molecule has 2 aromatic rings. The Bertz CT molecular complexity index is 847. The van der Waals surface area contributed by atoms with Gasteiger partial charge in [-0.05, 0) is 54.8 Å². The van der Waals surface area contributed by atoms with Crippen LogP contribution in [0.25, 0.3) is 0 Å². The van der Waals surface area contributed by atoms with E-state index in [9.17, 15) is 13.2 Å². The molecule has 0 saturated heterocycles. The Morgan fingerprint density at radius 3 is 2.22 bits per heavy atom. The largest absolute Gasteiger partial charge is 0.322 e. The molecule has 6 nitrogen and oxygen atoms in total. The van der Waals surface area contributed by atoms with Crippen LogP contribution in [-0.4, -0.2) is 33.0 Å². The Labute approximate surface area is 161 Å². The van der Waals surface area contributed by atoms with Crippen molar-refractivity contribution in [2.75, 3.05) is 19.5 Å². The molecular formula is C20H26N2O4S. The quantitative estimate of drug-likeness (QED) is 0.521. The zero-order chi connectivity index (χ0) is 19.9. The maximum absolute atomic E-state index is 12.4. The number of sulfonamides is 1. The second-order valence-corrected chi connectivity index (χ2v) is 8.17. The van der Waals surface area contributed by atoms with E-state index in [1.165, 1.54) is 56.8 Å². The molecular weight excluding hydrogens is 364 g/mol. The number of hydrogen-bond acceptors (Lipinski definition) is 4. The molecule has 0 radical (unpaired) electrons. The zero-order valence-electron chi connectivity index (χ0n) is 15.9. The highest BCUT2D eigenvalue weighted by Crippen LogP contribution is 2.17. The summed E-state index contributed by atoms with van der Waals surface area (Å²) in [5.41, 5.74) is 2.33. The minimum absolute atomic E-state index is 0.0554. The number of hydroxylamine groups is 1. The molecule has 0 bridgehead atoms. The first-order valence-corrected chi connectivity index (χ1v) is 10.4. The Morgan fingerprint density at radius 2 is 1.67 bits per heavy atom. The van der Waals surface area contributed by atoms with Gasteiger partial charge in [-0.15, -0.1) is 0 Å². The summed E-state index contributed by atoms with van der Waals surface area (Å²) < 4.78 is 25.1. The van der Waals surface area contributed by atoms with Gasteiger partial charge in [-0.3, -0.25) is 9.63 Å². The lowest BCUT2D eigenvalue weighted by Gasteiger charge is -2.14. The summed E-state index contributed by atoms with van der Waals surface area (Å²) in [6, 6.07) is 13.5. The Balaban J connectivity index is 2.02. The molecule has 146 valence electrons. The van der Waals surface area contributed by atoms with Crippen LogP contribution in [0, 0.1) is 0 Å². The second-order valence-electron chi connectivity index (χ2n) is 6.23. The molecule has 0 aliphatic heterocycles. The van der Waals surface area contributed by atoms with Gasteiger partial charge in [0.05, 0.1) is 12.0 Å². The van der Waals surface area contributed by atoms with E-state index < -0.39 is 10.0 Å². The third-order valence-electron chi connectivity index (χ3n) is 4.29. The van der Waals surface area contributed by atoms with Crippen molar-refractivity contribution in [1.82, 2.24) is 4.47 Å². The first-order chi connectivity index (χ1) is 12.9. The third-order valence-corrected chi connectivity index (χ3v) is 5.98. The molecule has 0 aliphatic carbocycles. The SMILES string of the molecule is CCCCCc1ccc(NC(=O)c2ccc(S(=O)(=O)N(C)OC)cc2)cc1. The standard InChI is InChI=1S/C20H26N2O4S/c1-4-5-6-7-16-8-12-18(13-9-16)21-20(23)17-10-14-19(15-11-17)27(24,25)22(2)26-3/h8-15H,4-7H2,1-3H3,(H,21,23). The van der Waals surface area contributed by atoms with Crippen molar-refractivity contribution in [1.29, 1.82) is 0 Å². The van der Waals surface area contributed by atoms with Crippen LogP contribution in [0.1, 0.15) is 42.1 Å². The Hall–Kier alpha value is -2.22. The number of anilines is 1.